The molecule has 4 saturated carbocycles. The average Bonchev–Trinajstić information content (AvgIpc) is 3.29. The van der Waals surface area contributed by atoms with Gasteiger partial charge in [0, 0.05) is 24.8 Å². The molecule has 8 atom stereocenters. The summed E-state index contributed by atoms with van der Waals surface area (Å²) >= 11 is 0. The molecule has 4 nitrogen and oxygen atoms in total. The maximum Gasteiger partial charge on any atom is 0.141 e. The second kappa shape index (κ2) is 7.82. The number of nitrogens with zero attached hydrogens (tertiary/aromatic N) is 1. The summed E-state index contributed by atoms with van der Waals surface area (Å²) in [6.45, 7) is 9.36. The molecule has 5 aliphatic rings. The first-order valence-corrected chi connectivity index (χ1v) is 11.9. The van der Waals surface area contributed by atoms with Crippen molar-refractivity contribution in [1.29, 1.82) is 0 Å². The van der Waals surface area contributed by atoms with E-state index in [0.29, 0.717) is 17.1 Å². The topological polar surface area (TPSA) is 50.7 Å². The van der Waals surface area contributed by atoms with E-state index in [9.17, 15) is 4.79 Å². The van der Waals surface area contributed by atoms with Crippen LogP contribution >= 0.6 is 12.4 Å². The maximum absolute atomic E-state index is 12.6. The van der Waals surface area contributed by atoms with Crippen LogP contribution in [0.1, 0.15) is 78.6 Å². The van der Waals surface area contributed by atoms with Crippen LogP contribution in [0.2, 0.25) is 0 Å². The van der Waals surface area contributed by atoms with Crippen LogP contribution in [0.5, 0.6) is 0 Å². The lowest BCUT2D eigenvalue weighted by molar-refractivity contribution is -0.141. The first kappa shape index (κ1) is 21.6. The number of oxime groups is 1. The predicted molar refractivity (Wildman–Crippen MR) is 118 cm³/mol. The third kappa shape index (κ3) is 3.37. The summed E-state index contributed by atoms with van der Waals surface area (Å²) in [5, 5.41) is 7.99. The largest absolute Gasteiger partial charge is 0.391 e. The highest BCUT2D eigenvalue weighted by atomic mass is 35.5. The van der Waals surface area contributed by atoms with E-state index in [-0.39, 0.29) is 23.9 Å². The van der Waals surface area contributed by atoms with Crippen molar-refractivity contribution < 1.29 is 9.63 Å². The molecule has 0 spiro atoms. The molecule has 5 fully saturated rings. The molecule has 0 amide bonds. The van der Waals surface area contributed by atoms with Gasteiger partial charge in [-0.1, -0.05) is 25.9 Å². The Bertz CT molecular complexity index is 676. The van der Waals surface area contributed by atoms with E-state index in [1.165, 1.54) is 25.0 Å². The average molecular weight is 423 g/mol. The van der Waals surface area contributed by atoms with Gasteiger partial charge in [-0.05, 0) is 86.5 Å². The number of hydrogen-bond acceptors (Lipinski definition) is 4. The molecule has 5 heteroatoms. The smallest absolute Gasteiger partial charge is 0.141 e. The van der Waals surface area contributed by atoms with Crippen LogP contribution in [0.3, 0.4) is 0 Å². The van der Waals surface area contributed by atoms with Crippen molar-refractivity contribution >= 4 is 23.9 Å². The van der Waals surface area contributed by atoms with Gasteiger partial charge in [-0.25, -0.2) is 0 Å². The first-order chi connectivity index (χ1) is 13.4. The van der Waals surface area contributed by atoms with Gasteiger partial charge in [0.1, 0.15) is 11.9 Å². The molecule has 164 valence electrons. The molecule has 0 aromatic rings. The quantitative estimate of drug-likeness (QED) is 0.637. The number of Topliss-reactive ketones (excluding diaryl/α,β-unsaturated/α-hetero) is 1. The molecule has 4 aliphatic carbocycles. The van der Waals surface area contributed by atoms with Crippen molar-refractivity contribution in [2.75, 3.05) is 13.1 Å². The van der Waals surface area contributed by atoms with E-state index >= 15 is 0 Å². The summed E-state index contributed by atoms with van der Waals surface area (Å²) in [4.78, 5) is 18.5. The highest BCUT2D eigenvalue weighted by Gasteiger charge is 2.61. The standard InChI is InChI=1S/C24H38N2O2.ClH/c1-15-12-18-19-4-5-22(27)24(19,3)10-7-20(18)23(2)9-6-16(13-21(15)23)26-28-17-8-11-25-14-17;/h15,17-21,25H,4-14H2,1-3H3;1H/t15-,17+,18-,19-,20-,21?,23+,24-;/m0./s1. The molecule has 1 aliphatic heterocycles. The SMILES string of the molecule is C[C@H]1C[C@@H]2[C@H](CC[C@]3(C)C(=O)CC[C@@H]23)[C@@]2(C)CCC(=NO[C@@H]3CCNC3)CC12.Cl. The number of nitrogens with one attached hydrogen (secondary N) is 1. The van der Waals surface area contributed by atoms with E-state index in [1.807, 2.05) is 0 Å². The highest BCUT2D eigenvalue weighted by molar-refractivity contribution is 5.87. The molecular formula is C24H39ClN2O2. The molecule has 1 saturated heterocycles. The van der Waals surface area contributed by atoms with Gasteiger partial charge in [0.2, 0.25) is 0 Å². The Hall–Kier alpha value is -0.610. The lowest BCUT2D eigenvalue weighted by Gasteiger charge is -2.61. The van der Waals surface area contributed by atoms with Gasteiger partial charge >= 0.3 is 0 Å². The molecular weight excluding hydrogens is 384 g/mol. The molecule has 0 aromatic heterocycles. The molecule has 29 heavy (non-hydrogen) atoms. The van der Waals surface area contributed by atoms with Gasteiger partial charge in [0.15, 0.2) is 0 Å². The fourth-order valence-corrected chi connectivity index (χ4v) is 8.25. The molecule has 0 bridgehead atoms. The number of hydrogen-bond donors (Lipinski definition) is 1. The summed E-state index contributed by atoms with van der Waals surface area (Å²) in [5.41, 5.74) is 1.72. The maximum atomic E-state index is 12.6. The van der Waals surface area contributed by atoms with Crippen LogP contribution < -0.4 is 5.32 Å². The number of rotatable bonds is 2. The first-order valence-electron chi connectivity index (χ1n) is 11.9. The van der Waals surface area contributed by atoms with Crippen LogP contribution in [0.15, 0.2) is 5.16 Å². The van der Waals surface area contributed by atoms with Gasteiger partial charge in [-0.2, -0.15) is 0 Å². The minimum atomic E-state index is -0.00543. The van der Waals surface area contributed by atoms with Gasteiger partial charge in [-0.15, -0.1) is 12.4 Å². The van der Waals surface area contributed by atoms with E-state index < -0.39 is 0 Å². The second-order valence-corrected chi connectivity index (χ2v) is 11.2. The third-order valence-electron chi connectivity index (χ3n) is 9.92. The minimum Gasteiger partial charge on any atom is -0.391 e. The molecule has 1 unspecified atom stereocenters. The van der Waals surface area contributed by atoms with Crippen LogP contribution in [-0.2, 0) is 9.63 Å². The number of halogens is 1. The third-order valence-corrected chi connectivity index (χ3v) is 9.92. The normalized spacial score (nSPS) is 50.4. The van der Waals surface area contributed by atoms with Crippen molar-refractivity contribution in [1.82, 2.24) is 5.32 Å². The zero-order valence-corrected chi connectivity index (χ0v) is 19.2. The summed E-state index contributed by atoms with van der Waals surface area (Å²) in [6, 6.07) is 0. The number of carbonyl (C=O) groups is 1. The van der Waals surface area contributed by atoms with Gasteiger partial charge in [0.25, 0.3) is 0 Å². The summed E-state index contributed by atoms with van der Waals surface area (Å²) < 4.78 is 0. The van der Waals surface area contributed by atoms with Crippen LogP contribution in [-0.4, -0.2) is 30.7 Å². The van der Waals surface area contributed by atoms with Crippen molar-refractivity contribution in [3.63, 3.8) is 0 Å². The van der Waals surface area contributed by atoms with E-state index in [2.05, 4.69) is 31.2 Å². The lowest BCUT2D eigenvalue weighted by atomic mass is 9.43. The van der Waals surface area contributed by atoms with Crippen molar-refractivity contribution in [2.45, 2.75) is 84.7 Å². The Morgan fingerprint density at radius 1 is 1.07 bits per heavy atom. The van der Waals surface area contributed by atoms with Crippen LogP contribution in [0, 0.1) is 40.4 Å². The lowest BCUT2D eigenvalue weighted by Crippen LogP contribution is -2.56. The molecule has 0 radical (unpaired) electrons. The van der Waals surface area contributed by atoms with Crippen molar-refractivity contribution in [3.8, 4) is 0 Å². The Morgan fingerprint density at radius 3 is 2.66 bits per heavy atom. The Labute approximate surface area is 182 Å². The number of fused-ring (bicyclic) bond motifs is 5. The fourth-order valence-electron chi connectivity index (χ4n) is 8.25. The molecule has 1 N–H and O–H groups in total. The van der Waals surface area contributed by atoms with Gasteiger partial charge in [0.05, 0.1) is 5.71 Å². The molecule has 1 heterocycles. The van der Waals surface area contributed by atoms with E-state index in [4.69, 9.17) is 4.84 Å². The summed E-state index contributed by atoms with van der Waals surface area (Å²) in [7, 11) is 0. The highest BCUT2D eigenvalue weighted by Crippen LogP contribution is 2.66. The zero-order valence-electron chi connectivity index (χ0n) is 18.4. The van der Waals surface area contributed by atoms with E-state index in [0.717, 1.165) is 75.3 Å². The monoisotopic (exact) mass is 422 g/mol. The second-order valence-electron chi connectivity index (χ2n) is 11.2. The van der Waals surface area contributed by atoms with Gasteiger partial charge < -0.3 is 10.2 Å². The Balaban J connectivity index is 0.00000205. The van der Waals surface area contributed by atoms with E-state index in [1.54, 1.807) is 0 Å². The summed E-state index contributed by atoms with van der Waals surface area (Å²) in [5.74, 6) is 4.23. The van der Waals surface area contributed by atoms with Crippen LogP contribution in [0.4, 0.5) is 0 Å². The fraction of sp³-hybridized carbons (Fsp3) is 0.917. The minimum absolute atomic E-state index is 0. The van der Waals surface area contributed by atoms with Crippen molar-refractivity contribution in [2.24, 2.45) is 45.6 Å². The number of ketones is 1. The van der Waals surface area contributed by atoms with Crippen molar-refractivity contribution in [3.05, 3.63) is 0 Å². The Morgan fingerprint density at radius 2 is 1.90 bits per heavy atom. The summed E-state index contributed by atoms with van der Waals surface area (Å²) in [6.07, 6.45) is 10.5. The number of carbonyl (C=O) groups excluding carboxylic acids is 1. The van der Waals surface area contributed by atoms with Gasteiger partial charge in [-0.3, -0.25) is 4.79 Å². The predicted octanol–water partition coefficient (Wildman–Crippen LogP) is 5.00. The molecule has 0 aromatic carbocycles. The van der Waals surface area contributed by atoms with Crippen LogP contribution in [0.25, 0.3) is 0 Å². The zero-order chi connectivity index (χ0) is 19.5. The Kier molecular flexibility index (Phi) is 5.83. The molecule has 5 rings (SSSR count).